The van der Waals surface area contributed by atoms with E-state index in [1.54, 1.807) is 0 Å². The molecule has 0 spiro atoms. The molecule has 78 valence electrons. The number of rotatable bonds is 2. The first-order valence-electron chi connectivity index (χ1n) is 4.94. The summed E-state index contributed by atoms with van der Waals surface area (Å²) in [6.45, 7) is 6.79. The molecule has 0 aliphatic carbocycles. The van der Waals surface area contributed by atoms with Crippen molar-refractivity contribution in [1.82, 2.24) is 10.2 Å². The van der Waals surface area contributed by atoms with E-state index in [2.05, 4.69) is 45.2 Å². The zero-order chi connectivity index (χ0) is 9.97. The minimum absolute atomic E-state index is 0.632. The first kappa shape index (κ1) is 10.6. The van der Waals surface area contributed by atoms with Gasteiger partial charge in [-0.2, -0.15) is 0 Å². The molecule has 0 radical (unpaired) electrons. The molecular formula is C10H15BrN2S. The third-order valence-corrected chi connectivity index (χ3v) is 4.07. The Labute approximate surface area is 97.4 Å². The fraction of sp³-hybridized carbons (Fsp3) is 0.600. The largest absolute Gasteiger partial charge is 0.312 e. The zero-order valence-electron chi connectivity index (χ0n) is 8.29. The summed E-state index contributed by atoms with van der Waals surface area (Å²) in [4.78, 5) is 3.96. The van der Waals surface area contributed by atoms with Crippen molar-refractivity contribution in [2.75, 3.05) is 19.6 Å². The van der Waals surface area contributed by atoms with Crippen LogP contribution in [0.1, 0.15) is 11.8 Å². The van der Waals surface area contributed by atoms with Crippen LogP contribution in [0.3, 0.4) is 0 Å². The van der Waals surface area contributed by atoms with Crippen LogP contribution >= 0.6 is 27.3 Å². The lowest BCUT2D eigenvalue weighted by Gasteiger charge is -2.31. The van der Waals surface area contributed by atoms with Gasteiger partial charge in [-0.3, -0.25) is 4.90 Å². The van der Waals surface area contributed by atoms with Gasteiger partial charge in [0.1, 0.15) is 0 Å². The maximum absolute atomic E-state index is 3.50. The molecular weight excluding hydrogens is 260 g/mol. The van der Waals surface area contributed by atoms with Crippen LogP contribution in [0.5, 0.6) is 0 Å². The van der Waals surface area contributed by atoms with E-state index < -0.39 is 0 Å². The Bertz CT molecular complexity index is 300. The van der Waals surface area contributed by atoms with Crippen molar-refractivity contribution in [2.45, 2.75) is 19.5 Å². The van der Waals surface area contributed by atoms with E-state index in [4.69, 9.17) is 0 Å². The maximum atomic E-state index is 3.50. The number of thiophene rings is 1. The fourth-order valence-corrected chi connectivity index (χ4v) is 3.34. The van der Waals surface area contributed by atoms with Crippen molar-refractivity contribution in [1.29, 1.82) is 0 Å². The second kappa shape index (κ2) is 4.75. The fourth-order valence-electron chi connectivity index (χ4n) is 1.81. The maximum Gasteiger partial charge on any atom is 0.0701 e. The van der Waals surface area contributed by atoms with Crippen molar-refractivity contribution in [2.24, 2.45) is 0 Å². The Morgan fingerprint density at radius 3 is 3.14 bits per heavy atom. The summed E-state index contributed by atoms with van der Waals surface area (Å²) in [6.07, 6.45) is 0. The standard InChI is InChI=1S/C10H15BrN2S/c1-8-6-13(5-4-12-8)7-9-2-3-10(11)14-9/h2-3,8,12H,4-7H2,1H3/t8-/m0/s1. The third kappa shape index (κ3) is 2.79. The predicted molar refractivity (Wildman–Crippen MR) is 64.8 cm³/mol. The smallest absolute Gasteiger partial charge is 0.0701 e. The lowest BCUT2D eigenvalue weighted by atomic mass is 10.2. The van der Waals surface area contributed by atoms with Crippen LogP contribution in [-0.4, -0.2) is 30.6 Å². The highest BCUT2D eigenvalue weighted by Gasteiger charge is 2.15. The van der Waals surface area contributed by atoms with Crippen LogP contribution in [0.15, 0.2) is 15.9 Å². The predicted octanol–water partition coefficient (Wildman–Crippen LogP) is 2.30. The molecule has 0 unspecified atom stereocenters. The number of nitrogens with zero attached hydrogens (tertiary/aromatic N) is 1. The van der Waals surface area contributed by atoms with Gasteiger partial charge < -0.3 is 5.32 Å². The average molecular weight is 275 g/mol. The van der Waals surface area contributed by atoms with Crippen molar-refractivity contribution < 1.29 is 0 Å². The quantitative estimate of drug-likeness (QED) is 0.891. The average Bonchev–Trinajstić information content (AvgIpc) is 2.51. The topological polar surface area (TPSA) is 15.3 Å². The van der Waals surface area contributed by atoms with E-state index in [1.807, 2.05) is 11.3 Å². The second-order valence-electron chi connectivity index (χ2n) is 3.80. The molecule has 1 fully saturated rings. The van der Waals surface area contributed by atoms with Gasteiger partial charge in [-0.05, 0) is 35.0 Å². The lowest BCUT2D eigenvalue weighted by Crippen LogP contribution is -2.48. The molecule has 2 nitrogen and oxygen atoms in total. The van der Waals surface area contributed by atoms with E-state index >= 15 is 0 Å². The minimum atomic E-state index is 0.632. The molecule has 0 amide bonds. The van der Waals surface area contributed by atoms with Gasteiger partial charge >= 0.3 is 0 Å². The van der Waals surface area contributed by atoms with Crippen LogP contribution in [0.25, 0.3) is 0 Å². The van der Waals surface area contributed by atoms with Gasteiger partial charge in [0, 0.05) is 37.1 Å². The summed E-state index contributed by atoms with van der Waals surface area (Å²) in [5, 5.41) is 3.46. The van der Waals surface area contributed by atoms with Crippen LogP contribution in [0.4, 0.5) is 0 Å². The molecule has 1 aromatic rings. The molecule has 0 aromatic carbocycles. The molecule has 1 aliphatic rings. The Kier molecular flexibility index (Phi) is 3.60. The summed E-state index contributed by atoms with van der Waals surface area (Å²) >= 11 is 5.33. The third-order valence-electron chi connectivity index (χ3n) is 2.46. The van der Waals surface area contributed by atoms with Crippen molar-refractivity contribution >= 4 is 27.3 Å². The Morgan fingerprint density at radius 1 is 1.64 bits per heavy atom. The molecule has 1 atom stereocenters. The summed E-state index contributed by atoms with van der Waals surface area (Å²) in [6, 6.07) is 4.97. The van der Waals surface area contributed by atoms with Gasteiger partial charge in [0.2, 0.25) is 0 Å². The van der Waals surface area contributed by atoms with E-state index in [9.17, 15) is 0 Å². The number of nitrogens with one attached hydrogen (secondary N) is 1. The molecule has 2 heterocycles. The Hall–Kier alpha value is 0.1000. The van der Waals surface area contributed by atoms with Crippen LogP contribution in [-0.2, 0) is 6.54 Å². The minimum Gasteiger partial charge on any atom is -0.312 e. The van der Waals surface area contributed by atoms with Crippen LogP contribution < -0.4 is 5.32 Å². The Morgan fingerprint density at radius 2 is 2.50 bits per heavy atom. The molecule has 0 saturated carbocycles. The molecule has 1 saturated heterocycles. The summed E-state index contributed by atoms with van der Waals surface area (Å²) < 4.78 is 1.23. The number of halogens is 1. The van der Waals surface area contributed by atoms with Gasteiger partial charge in [0.05, 0.1) is 3.79 Å². The normalized spacial score (nSPS) is 24.0. The van der Waals surface area contributed by atoms with E-state index in [0.29, 0.717) is 6.04 Å². The first-order chi connectivity index (χ1) is 6.74. The van der Waals surface area contributed by atoms with Gasteiger partial charge in [0.15, 0.2) is 0 Å². The highest BCUT2D eigenvalue weighted by molar-refractivity contribution is 9.11. The molecule has 2 rings (SSSR count). The molecule has 0 bridgehead atoms. The van der Waals surface area contributed by atoms with Gasteiger partial charge in [0.25, 0.3) is 0 Å². The number of hydrogen-bond donors (Lipinski definition) is 1. The van der Waals surface area contributed by atoms with Gasteiger partial charge in [-0.15, -0.1) is 11.3 Å². The summed E-state index contributed by atoms with van der Waals surface area (Å²) in [5.41, 5.74) is 0. The zero-order valence-corrected chi connectivity index (χ0v) is 10.7. The van der Waals surface area contributed by atoms with Crippen LogP contribution in [0.2, 0.25) is 0 Å². The van der Waals surface area contributed by atoms with Crippen molar-refractivity contribution in [3.05, 3.63) is 20.8 Å². The van der Waals surface area contributed by atoms with E-state index in [0.717, 1.165) is 19.6 Å². The van der Waals surface area contributed by atoms with E-state index in [1.165, 1.54) is 15.2 Å². The van der Waals surface area contributed by atoms with Gasteiger partial charge in [-0.25, -0.2) is 0 Å². The first-order valence-corrected chi connectivity index (χ1v) is 6.55. The SMILES string of the molecule is C[C@H]1CN(Cc2ccc(Br)s2)CCN1. The van der Waals surface area contributed by atoms with Gasteiger partial charge in [-0.1, -0.05) is 0 Å². The molecule has 14 heavy (non-hydrogen) atoms. The van der Waals surface area contributed by atoms with Crippen molar-refractivity contribution in [3.63, 3.8) is 0 Å². The second-order valence-corrected chi connectivity index (χ2v) is 6.34. The lowest BCUT2D eigenvalue weighted by molar-refractivity contribution is 0.201. The highest BCUT2D eigenvalue weighted by Crippen LogP contribution is 2.23. The molecule has 1 aliphatic heterocycles. The monoisotopic (exact) mass is 274 g/mol. The highest BCUT2D eigenvalue weighted by atomic mass is 79.9. The summed E-state index contributed by atoms with van der Waals surface area (Å²) in [5.74, 6) is 0. The molecule has 1 N–H and O–H groups in total. The van der Waals surface area contributed by atoms with Crippen LogP contribution in [0, 0.1) is 0 Å². The molecule has 1 aromatic heterocycles. The number of hydrogen-bond acceptors (Lipinski definition) is 3. The number of piperazine rings is 1. The van der Waals surface area contributed by atoms with E-state index in [-0.39, 0.29) is 0 Å². The van der Waals surface area contributed by atoms with Crippen molar-refractivity contribution in [3.8, 4) is 0 Å². The Balaban J connectivity index is 1.90. The molecule has 4 heteroatoms. The summed E-state index contributed by atoms with van der Waals surface area (Å²) in [7, 11) is 0.